The van der Waals surface area contributed by atoms with Crippen LogP contribution in [0.4, 0.5) is 19.0 Å². The molecule has 2 aliphatic rings. The predicted molar refractivity (Wildman–Crippen MR) is 108 cm³/mol. The molecule has 7 nitrogen and oxygen atoms in total. The van der Waals surface area contributed by atoms with Crippen LogP contribution in [0.3, 0.4) is 0 Å². The molecule has 30 heavy (non-hydrogen) atoms. The molecule has 0 aliphatic carbocycles. The largest absolute Gasteiger partial charge is 0.434 e. The normalized spacial score (nSPS) is 20.9. The van der Waals surface area contributed by atoms with E-state index in [4.69, 9.17) is 0 Å². The number of anilines is 1. The highest BCUT2D eigenvalue weighted by Crippen LogP contribution is 2.31. The van der Waals surface area contributed by atoms with E-state index >= 15 is 0 Å². The lowest BCUT2D eigenvalue weighted by atomic mass is 10.1. The van der Waals surface area contributed by atoms with Gasteiger partial charge in [-0.25, -0.2) is 24.2 Å². The van der Waals surface area contributed by atoms with Crippen molar-refractivity contribution in [2.45, 2.75) is 31.5 Å². The molecule has 0 radical (unpaired) electrons. The summed E-state index contributed by atoms with van der Waals surface area (Å²) in [5.74, 6) is 2.31. The predicted octanol–water partition coefficient (Wildman–Crippen LogP) is 3.53. The molecule has 2 saturated heterocycles. The first kappa shape index (κ1) is 19.6. The maximum Gasteiger partial charge on any atom is 0.434 e. The van der Waals surface area contributed by atoms with Gasteiger partial charge in [-0.1, -0.05) is 11.9 Å². The molecular formula is C19H20F3N7S. The van der Waals surface area contributed by atoms with Gasteiger partial charge in [0.25, 0.3) is 0 Å². The standard InChI is InChI=1S/C19H20F3N7S/c20-19(21,22)15-12-28-14(9-25-17(28)10-24-15)18-23-5-4-16(26-18)27-6-1-3-13(11-27)29-7-2-8-30-29/h4-5,9-10,12-13H,1-3,6-8,11H2. The molecule has 0 aromatic carbocycles. The lowest BCUT2D eigenvalue weighted by Gasteiger charge is -2.37. The molecule has 0 saturated carbocycles. The Kier molecular flexibility index (Phi) is 5.02. The number of aromatic nitrogens is 5. The average molecular weight is 435 g/mol. The van der Waals surface area contributed by atoms with Gasteiger partial charge in [0.2, 0.25) is 0 Å². The van der Waals surface area contributed by atoms with Crippen molar-refractivity contribution < 1.29 is 13.2 Å². The molecule has 2 fully saturated rings. The maximum absolute atomic E-state index is 13.1. The molecule has 0 N–H and O–H groups in total. The summed E-state index contributed by atoms with van der Waals surface area (Å²) in [6.45, 7) is 2.91. The molecule has 11 heteroatoms. The fourth-order valence-electron chi connectivity index (χ4n) is 4.00. The summed E-state index contributed by atoms with van der Waals surface area (Å²) in [5, 5.41) is 0. The van der Waals surface area contributed by atoms with Crippen LogP contribution in [0.1, 0.15) is 25.0 Å². The first-order chi connectivity index (χ1) is 14.5. The van der Waals surface area contributed by atoms with Gasteiger partial charge < -0.3 is 4.90 Å². The molecule has 1 unspecified atom stereocenters. The van der Waals surface area contributed by atoms with Crippen molar-refractivity contribution in [2.75, 3.05) is 30.3 Å². The summed E-state index contributed by atoms with van der Waals surface area (Å²) in [6.07, 6.45) is 4.12. The van der Waals surface area contributed by atoms with Crippen LogP contribution in [0.2, 0.25) is 0 Å². The zero-order valence-corrected chi connectivity index (χ0v) is 16.9. The van der Waals surface area contributed by atoms with Gasteiger partial charge in [-0.2, -0.15) is 13.2 Å². The van der Waals surface area contributed by atoms with Crippen LogP contribution in [0.15, 0.2) is 30.9 Å². The van der Waals surface area contributed by atoms with Crippen molar-refractivity contribution in [3.63, 3.8) is 0 Å². The van der Waals surface area contributed by atoms with E-state index in [1.165, 1.54) is 29.2 Å². The summed E-state index contributed by atoms with van der Waals surface area (Å²) in [5.41, 5.74) is -0.258. The SMILES string of the molecule is FC(F)(F)c1cn2c(-c3nccc(N4CCCC(N5CCCS5)C4)n3)cnc2cn1. The maximum atomic E-state index is 13.1. The number of piperidine rings is 1. The second kappa shape index (κ2) is 7.69. The van der Waals surface area contributed by atoms with E-state index in [9.17, 15) is 13.2 Å². The van der Waals surface area contributed by atoms with E-state index in [-0.39, 0.29) is 0 Å². The Bertz CT molecular complexity index is 1050. The lowest BCUT2D eigenvalue weighted by Crippen LogP contribution is -2.45. The van der Waals surface area contributed by atoms with Gasteiger partial charge in [-0.15, -0.1) is 0 Å². The summed E-state index contributed by atoms with van der Waals surface area (Å²) >= 11 is 1.92. The number of fused-ring (bicyclic) bond motifs is 1. The first-order valence-electron chi connectivity index (χ1n) is 9.87. The van der Waals surface area contributed by atoms with Gasteiger partial charge in [0.15, 0.2) is 17.2 Å². The molecule has 1 atom stereocenters. The van der Waals surface area contributed by atoms with Crippen LogP contribution in [-0.2, 0) is 6.18 Å². The second-order valence-corrected chi connectivity index (χ2v) is 8.59. The third-order valence-electron chi connectivity index (χ3n) is 5.46. The number of hydrogen-bond acceptors (Lipinski definition) is 7. The number of hydrogen-bond donors (Lipinski definition) is 0. The molecule has 5 rings (SSSR count). The zero-order valence-electron chi connectivity index (χ0n) is 16.1. The van der Waals surface area contributed by atoms with Crippen molar-refractivity contribution in [2.24, 2.45) is 0 Å². The van der Waals surface area contributed by atoms with E-state index in [0.29, 0.717) is 23.2 Å². The monoisotopic (exact) mass is 435 g/mol. The fourth-order valence-corrected chi connectivity index (χ4v) is 5.14. The Hall–Kier alpha value is -2.40. The van der Waals surface area contributed by atoms with E-state index < -0.39 is 11.9 Å². The number of halogens is 3. The quantitative estimate of drug-likeness (QED) is 0.583. The first-order valence-corrected chi connectivity index (χ1v) is 10.8. The minimum atomic E-state index is -4.53. The average Bonchev–Trinajstić information content (AvgIpc) is 3.43. The molecule has 0 spiro atoms. The Balaban J connectivity index is 1.45. The summed E-state index contributed by atoms with van der Waals surface area (Å²) in [6, 6.07) is 2.34. The molecule has 0 amide bonds. The van der Waals surface area contributed by atoms with E-state index in [0.717, 1.165) is 44.3 Å². The number of nitrogens with zero attached hydrogens (tertiary/aromatic N) is 7. The van der Waals surface area contributed by atoms with Gasteiger partial charge >= 0.3 is 6.18 Å². The summed E-state index contributed by atoms with van der Waals surface area (Å²) in [4.78, 5) is 18.8. The second-order valence-electron chi connectivity index (χ2n) is 7.45. The molecule has 158 valence electrons. The molecule has 5 heterocycles. The van der Waals surface area contributed by atoms with Gasteiger partial charge in [-0.05, 0) is 25.3 Å². The Morgan fingerprint density at radius 3 is 2.77 bits per heavy atom. The van der Waals surface area contributed by atoms with Crippen LogP contribution >= 0.6 is 11.9 Å². The van der Waals surface area contributed by atoms with Crippen LogP contribution in [-0.4, -0.2) is 60.1 Å². The zero-order chi connectivity index (χ0) is 20.7. The van der Waals surface area contributed by atoms with Gasteiger partial charge in [0, 0.05) is 43.8 Å². The van der Waals surface area contributed by atoms with E-state index in [1.54, 1.807) is 6.20 Å². The van der Waals surface area contributed by atoms with Gasteiger partial charge in [0.05, 0.1) is 12.4 Å². The minimum Gasteiger partial charge on any atom is -0.355 e. The molecule has 3 aromatic rings. The van der Waals surface area contributed by atoms with Crippen molar-refractivity contribution in [1.29, 1.82) is 0 Å². The highest BCUT2D eigenvalue weighted by Gasteiger charge is 2.33. The fraction of sp³-hybridized carbons (Fsp3) is 0.474. The molecule has 3 aromatic heterocycles. The molecule has 2 aliphatic heterocycles. The summed E-state index contributed by atoms with van der Waals surface area (Å²) < 4.78 is 43.1. The van der Waals surface area contributed by atoms with Crippen molar-refractivity contribution in [1.82, 2.24) is 28.6 Å². The van der Waals surface area contributed by atoms with Crippen LogP contribution in [0.5, 0.6) is 0 Å². The highest BCUT2D eigenvalue weighted by atomic mass is 32.2. The molecule has 0 bridgehead atoms. The Morgan fingerprint density at radius 1 is 1.07 bits per heavy atom. The van der Waals surface area contributed by atoms with Crippen LogP contribution < -0.4 is 4.90 Å². The highest BCUT2D eigenvalue weighted by molar-refractivity contribution is 7.97. The van der Waals surface area contributed by atoms with E-state index in [2.05, 4.69) is 29.1 Å². The number of alkyl halides is 3. The smallest absolute Gasteiger partial charge is 0.355 e. The number of rotatable bonds is 3. The van der Waals surface area contributed by atoms with Gasteiger partial charge in [0.1, 0.15) is 11.5 Å². The third-order valence-corrected chi connectivity index (χ3v) is 6.75. The Labute approximate surface area is 175 Å². The number of imidazole rings is 1. The van der Waals surface area contributed by atoms with E-state index in [1.807, 2.05) is 18.0 Å². The van der Waals surface area contributed by atoms with Crippen molar-refractivity contribution >= 4 is 23.4 Å². The molecular weight excluding hydrogens is 415 g/mol. The van der Waals surface area contributed by atoms with Crippen molar-refractivity contribution in [3.05, 3.63) is 36.5 Å². The van der Waals surface area contributed by atoms with Crippen LogP contribution in [0.25, 0.3) is 17.2 Å². The van der Waals surface area contributed by atoms with Gasteiger partial charge in [-0.3, -0.25) is 4.40 Å². The Morgan fingerprint density at radius 2 is 1.97 bits per heavy atom. The lowest BCUT2D eigenvalue weighted by molar-refractivity contribution is -0.141. The minimum absolute atomic E-state index is 0.316. The van der Waals surface area contributed by atoms with Crippen LogP contribution in [0, 0.1) is 0 Å². The topological polar surface area (TPSA) is 62.5 Å². The van der Waals surface area contributed by atoms with Crippen molar-refractivity contribution in [3.8, 4) is 11.5 Å². The third kappa shape index (κ3) is 3.71. The summed E-state index contributed by atoms with van der Waals surface area (Å²) in [7, 11) is 0.